The monoisotopic (exact) mass is 499 g/mol. The highest BCUT2D eigenvalue weighted by Gasteiger charge is 2.36. The molecule has 5 rings (SSSR count). The number of urea groups is 1. The molecule has 0 spiro atoms. The Labute approximate surface area is 214 Å². The van der Waals surface area contributed by atoms with Crippen molar-refractivity contribution in [1.82, 2.24) is 9.88 Å². The summed E-state index contributed by atoms with van der Waals surface area (Å²) in [5.74, 6) is -1.07. The number of nitrogens with zero attached hydrogens (tertiary/aromatic N) is 2. The van der Waals surface area contributed by atoms with Gasteiger partial charge in [-0.2, -0.15) is 0 Å². The summed E-state index contributed by atoms with van der Waals surface area (Å²) in [4.78, 5) is 31.6. The fraction of sp³-hybridized carbons (Fsp3) is 0.276. The first-order valence-corrected chi connectivity index (χ1v) is 13.2. The number of amides is 2. The Balaban J connectivity index is 1.38. The van der Waals surface area contributed by atoms with Crippen LogP contribution in [0, 0.1) is 5.92 Å². The molecule has 0 unspecified atom stereocenters. The minimum Gasteiger partial charge on any atom is -0.481 e. The molecule has 0 radical (unpaired) electrons. The van der Waals surface area contributed by atoms with E-state index in [2.05, 4.69) is 34.6 Å². The van der Waals surface area contributed by atoms with Crippen LogP contribution >= 0.6 is 11.3 Å². The van der Waals surface area contributed by atoms with E-state index in [-0.39, 0.29) is 18.0 Å². The molecular weight excluding hydrogens is 470 g/mol. The van der Waals surface area contributed by atoms with Crippen LogP contribution in [0.2, 0.25) is 0 Å². The Morgan fingerprint density at radius 3 is 2.19 bits per heavy atom. The summed E-state index contributed by atoms with van der Waals surface area (Å²) < 4.78 is 1.01. The maximum absolute atomic E-state index is 13.6. The van der Waals surface area contributed by atoms with Gasteiger partial charge >= 0.3 is 12.0 Å². The molecule has 3 aromatic carbocycles. The quantitative estimate of drug-likeness (QED) is 0.286. The Morgan fingerprint density at radius 2 is 1.58 bits per heavy atom. The molecule has 2 atom stereocenters. The molecule has 0 aliphatic heterocycles. The van der Waals surface area contributed by atoms with Gasteiger partial charge in [0.1, 0.15) is 0 Å². The van der Waals surface area contributed by atoms with Gasteiger partial charge in [0.25, 0.3) is 0 Å². The number of fused-ring (bicyclic) bond motifs is 1. The average Bonchev–Trinajstić information content (AvgIpc) is 3.55. The van der Waals surface area contributed by atoms with Gasteiger partial charge in [-0.1, -0.05) is 84.1 Å². The number of aromatic nitrogens is 1. The minimum atomic E-state index is -0.782. The molecule has 1 aromatic heterocycles. The number of anilines is 1. The lowest BCUT2D eigenvalue weighted by molar-refractivity contribution is -0.141. The first kappa shape index (κ1) is 24.0. The number of hydrogen-bond donors (Lipinski definition) is 2. The predicted molar refractivity (Wildman–Crippen MR) is 143 cm³/mol. The third-order valence-corrected chi connectivity index (χ3v) is 7.98. The van der Waals surface area contributed by atoms with Gasteiger partial charge in [-0.15, -0.1) is 0 Å². The van der Waals surface area contributed by atoms with Crippen LogP contribution in [0.5, 0.6) is 0 Å². The first-order valence-electron chi connectivity index (χ1n) is 12.3. The molecule has 7 heteroatoms. The Kier molecular flexibility index (Phi) is 7.28. The Bertz CT molecular complexity index is 1250. The topological polar surface area (TPSA) is 82.5 Å². The zero-order chi connectivity index (χ0) is 24.9. The number of aliphatic carboxylic acids is 1. The molecule has 6 nitrogen and oxygen atoms in total. The summed E-state index contributed by atoms with van der Waals surface area (Å²) in [6.45, 7) is 0.516. The van der Waals surface area contributed by atoms with E-state index in [0.29, 0.717) is 30.9 Å². The van der Waals surface area contributed by atoms with Gasteiger partial charge in [-0.05, 0) is 48.9 Å². The van der Waals surface area contributed by atoms with E-state index in [1.807, 2.05) is 65.6 Å². The predicted octanol–water partition coefficient (Wildman–Crippen LogP) is 6.61. The third kappa shape index (κ3) is 5.41. The molecule has 2 N–H and O–H groups in total. The summed E-state index contributed by atoms with van der Waals surface area (Å²) >= 11 is 1.45. The van der Waals surface area contributed by atoms with Gasteiger partial charge in [-0.3, -0.25) is 10.1 Å². The molecule has 1 saturated carbocycles. The number of carbonyl (C=O) groups excluding carboxylic acids is 1. The summed E-state index contributed by atoms with van der Waals surface area (Å²) in [6, 6.07) is 28.1. The first-order chi connectivity index (χ1) is 17.6. The smallest absolute Gasteiger partial charge is 0.323 e. The maximum atomic E-state index is 13.6. The molecule has 1 heterocycles. The summed E-state index contributed by atoms with van der Waals surface area (Å²) in [6.07, 6.45) is 2.48. The van der Waals surface area contributed by atoms with Crippen molar-refractivity contribution in [3.8, 4) is 0 Å². The van der Waals surface area contributed by atoms with Gasteiger partial charge in [0, 0.05) is 18.5 Å². The molecule has 4 aromatic rings. The molecule has 36 heavy (non-hydrogen) atoms. The van der Waals surface area contributed by atoms with Crippen molar-refractivity contribution in [3.63, 3.8) is 0 Å². The molecule has 0 saturated heterocycles. The van der Waals surface area contributed by atoms with Gasteiger partial charge in [0.15, 0.2) is 5.13 Å². The van der Waals surface area contributed by atoms with Gasteiger partial charge in [-0.25, -0.2) is 9.78 Å². The largest absolute Gasteiger partial charge is 0.481 e. The number of carboxylic acid groups (broad SMARTS) is 1. The number of thiazole rings is 1. The maximum Gasteiger partial charge on any atom is 0.323 e. The van der Waals surface area contributed by atoms with Crippen molar-refractivity contribution in [1.29, 1.82) is 0 Å². The van der Waals surface area contributed by atoms with Crippen LogP contribution in [0.25, 0.3) is 10.2 Å². The minimum absolute atomic E-state index is 0.118. The zero-order valence-corrected chi connectivity index (χ0v) is 20.7. The van der Waals surface area contributed by atoms with Crippen LogP contribution in [0.4, 0.5) is 9.93 Å². The van der Waals surface area contributed by atoms with Gasteiger partial charge < -0.3 is 10.0 Å². The molecule has 184 valence electrons. The lowest BCUT2D eigenvalue weighted by Crippen LogP contribution is -2.43. The van der Waals surface area contributed by atoms with Crippen molar-refractivity contribution in [2.45, 2.75) is 37.6 Å². The highest BCUT2D eigenvalue weighted by atomic mass is 32.1. The molecule has 2 amide bonds. The third-order valence-electron chi connectivity index (χ3n) is 7.03. The Hall–Kier alpha value is -3.71. The van der Waals surface area contributed by atoms with Crippen molar-refractivity contribution in [3.05, 3.63) is 96.1 Å². The number of para-hydroxylation sites is 1. The van der Waals surface area contributed by atoms with Crippen molar-refractivity contribution < 1.29 is 14.7 Å². The fourth-order valence-corrected chi connectivity index (χ4v) is 6.02. The van der Waals surface area contributed by atoms with Crippen LogP contribution in [0.15, 0.2) is 84.9 Å². The molecule has 1 aliphatic rings. The molecule has 1 aliphatic carbocycles. The molecular formula is C29H29N3O3S. The van der Waals surface area contributed by atoms with Gasteiger partial charge in [0.2, 0.25) is 0 Å². The van der Waals surface area contributed by atoms with E-state index in [1.165, 1.54) is 22.5 Å². The number of carboxylic acids is 1. The van der Waals surface area contributed by atoms with Crippen molar-refractivity contribution in [2.24, 2.45) is 5.92 Å². The lowest BCUT2D eigenvalue weighted by atomic mass is 9.88. The highest BCUT2D eigenvalue weighted by Crippen LogP contribution is 2.33. The highest BCUT2D eigenvalue weighted by molar-refractivity contribution is 7.22. The van der Waals surface area contributed by atoms with E-state index in [4.69, 9.17) is 0 Å². The fourth-order valence-electron chi connectivity index (χ4n) is 5.17. The number of nitrogens with one attached hydrogen (secondary N) is 1. The number of rotatable bonds is 8. The second-order valence-electron chi connectivity index (χ2n) is 9.27. The van der Waals surface area contributed by atoms with Crippen LogP contribution in [-0.2, 0) is 4.79 Å². The van der Waals surface area contributed by atoms with E-state index in [9.17, 15) is 14.7 Å². The summed E-state index contributed by atoms with van der Waals surface area (Å²) in [5, 5.41) is 13.1. The Morgan fingerprint density at radius 1 is 0.944 bits per heavy atom. The van der Waals surface area contributed by atoms with Gasteiger partial charge in [0.05, 0.1) is 16.1 Å². The summed E-state index contributed by atoms with van der Waals surface area (Å²) in [5.41, 5.74) is 3.25. The van der Waals surface area contributed by atoms with E-state index < -0.39 is 11.9 Å². The van der Waals surface area contributed by atoms with Crippen molar-refractivity contribution in [2.75, 3.05) is 11.9 Å². The van der Waals surface area contributed by atoms with E-state index in [1.54, 1.807) is 0 Å². The van der Waals surface area contributed by atoms with E-state index in [0.717, 1.165) is 16.6 Å². The number of carbonyl (C=O) groups is 2. The summed E-state index contributed by atoms with van der Waals surface area (Å²) in [7, 11) is 0. The van der Waals surface area contributed by atoms with E-state index >= 15 is 0 Å². The second-order valence-corrected chi connectivity index (χ2v) is 10.3. The number of benzene rings is 3. The van der Waals surface area contributed by atoms with Crippen LogP contribution in [0.3, 0.4) is 0 Å². The lowest BCUT2D eigenvalue weighted by Gasteiger charge is -2.31. The van der Waals surface area contributed by atoms with Crippen molar-refractivity contribution >= 4 is 38.7 Å². The SMILES string of the molecule is O=C(O)[C@H]1CC[C@@H](N(CCC(c2ccccc2)c2ccccc2)C(=O)Nc2nc3ccccc3s2)C1. The zero-order valence-electron chi connectivity index (χ0n) is 19.9. The van der Waals surface area contributed by atoms with Crippen LogP contribution in [0.1, 0.15) is 42.7 Å². The second kappa shape index (κ2) is 10.9. The number of hydrogen-bond acceptors (Lipinski definition) is 4. The van der Waals surface area contributed by atoms with Crippen LogP contribution < -0.4 is 5.32 Å². The average molecular weight is 500 g/mol. The molecule has 1 fully saturated rings. The normalized spacial score (nSPS) is 17.4. The standard InChI is InChI=1S/C29H29N3O3S/c33-27(34)22-15-16-23(19-22)32(29(35)31-28-30-25-13-7-8-14-26(25)36-28)18-17-24(20-9-3-1-4-10-20)21-11-5-2-6-12-21/h1-14,22-24H,15-19H2,(H,33,34)(H,30,31,35)/t22-,23+/m0/s1. The van der Waals surface area contributed by atoms with Crippen LogP contribution in [-0.4, -0.2) is 39.6 Å². The molecule has 0 bridgehead atoms.